The summed E-state index contributed by atoms with van der Waals surface area (Å²) < 4.78 is 0. The van der Waals surface area contributed by atoms with Gasteiger partial charge in [0.1, 0.15) is 0 Å². The van der Waals surface area contributed by atoms with Crippen molar-refractivity contribution in [2.24, 2.45) is 5.73 Å². The number of carbonyl (C=O) groups excluding carboxylic acids is 2. The van der Waals surface area contributed by atoms with Gasteiger partial charge >= 0.3 is 0 Å². The van der Waals surface area contributed by atoms with Crippen molar-refractivity contribution in [1.82, 2.24) is 10.2 Å². The van der Waals surface area contributed by atoms with Crippen LogP contribution in [0, 0.1) is 0 Å². The Morgan fingerprint density at radius 3 is 2.71 bits per heavy atom. The summed E-state index contributed by atoms with van der Waals surface area (Å²) in [5.74, 6) is -0.107. The molecule has 2 amide bonds. The van der Waals surface area contributed by atoms with Crippen LogP contribution in [0.5, 0.6) is 0 Å². The van der Waals surface area contributed by atoms with E-state index >= 15 is 0 Å². The highest BCUT2D eigenvalue weighted by Crippen LogP contribution is 2.06. The zero-order valence-electron chi connectivity index (χ0n) is 8.67. The van der Waals surface area contributed by atoms with Crippen molar-refractivity contribution in [3.63, 3.8) is 0 Å². The molecular weight excluding hydrogens is 182 g/mol. The molecule has 0 radical (unpaired) electrons. The molecule has 5 nitrogen and oxygen atoms in total. The number of carbonyl (C=O) groups is 2. The average Bonchev–Trinajstić information content (AvgIpc) is 2.27. The molecule has 1 fully saturated rings. The Balaban J connectivity index is 2.60. The molecule has 0 atom stereocenters. The lowest BCUT2D eigenvalue weighted by molar-refractivity contribution is -0.135. The van der Waals surface area contributed by atoms with E-state index in [4.69, 9.17) is 5.73 Å². The summed E-state index contributed by atoms with van der Waals surface area (Å²) in [6, 6.07) is 0. The first kappa shape index (κ1) is 11.0. The van der Waals surface area contributed by atoms with Crippen molar-refractivity contribution in [1.29, 1.82) is 0 Å². The van der Waals surface area contributed by atoms with Crippen molar-refractivity contribution in [3.8, 4) is 0 Å². The number of nitrogens with one attached hydrogen (secondary N) is 1. The minimum Gasteiger partial charge on any atom is -0.354 e. The van der Waals surface area contributed by atoms with Gasteiger partial charge in [-0.05, 0) is 13.8 Å². The molecule has 0 aromatic rings. The Bertz CT molecular complexity index is 245. The van der Waals surface area contributed by atoms with Crippen LogP contribution in [0.4, 0.5) is 0 Å². The summed E-state index contributed by atoms with van der Waals surface area (Å²) >= 11 is 0. The number of amides is 2. The van der Waals surface area contributed by atoms with Crippen molar-refractivity contribution >= 4 is 11.8 Å². The molecule has 0 aromatic carbocycles. The predicted molar refractivity (Wildman–Crippen MR) is 52.5 cm³/mol. The van der Waals surface area contributed by atoms with Gasteiger partial charge in [-0.1, -0.05) is 0 Å². The van der Waals surface area contributed by atoms with Crippen LogP contribution in [-0.4, -0.2) is 41.9 Å². The third kappa shape index (κ3) is 2.70. The van der Waals surface area contributed by atoms with E-state index in [-0.39, 0.29) is 11.8 Å². The van der Waals surface area contributed by atoms with Gasteiger partial charge in [0.05, 0.1) is 5.54 Å². The highest BCUT2D eigenvalue weighted by Gasteiger charge is 2.28. The first-order valence-corrected chi connectivity index (χ1v) is 4.76. The maximum Gasteiger partial charge on any atom is 0.242 e. The average molecular weight is 199 g/mol. The molecule has 80 valence electrons. The molecule has 1 aliphatic rings. The zero-order chi connectivity index (χ0) is 10.8. The second-order valence-electron chi connectivity index (χ2n) is 4.11. The SMILES string of the molecule is CC(C)(N)C(=O)N1CCNC(=O)CC1. The molecule has 0 aliphatic carbocycles. The van der Waals surface area contributed by atoms with Crippen molar-refractivity contribution < 1.29 is 9.59 Å². The largest absolute Gasteiger partial charge is 0.354 e. The molecule has 0 aromatic heterocycles. The Morgan fingerprint density at radius 1 is 1.50 bits per heavy atom. The highest BCUT2D eigenvalue weighted by atomic mass is 16.2. The maximum atomic E-state index is 11.7. The summed E-state index contributed by atoms with van der Waals surface area (Å²) in [6.07, 6.45) is 0.363. The normalized spacial score (nSPS) is 18.8. The molecule has 5 heteroatoms. The molecule has 0 bridgehead atoms. The smallest absolute Gasteiger partial charge is 0.242 e. The monoisotopic (exact) mass is 199 g/mol. The van der Waals surface area contributed by atoms with Crippen LogP contribution >= 0.6 is 0 Å². The van der Waals surface area contributed by atoms with Gasteiger partial charge in [0.2, 0.25) is 11.8 Å². The van der Waals surface area contributed by atoms with Gasteiger partial charge in [0, 0.05) is 26.1 Å². The molecule has 0 saturated carbocycles. The molecule has 1 heterocycles. The fourth-order valence-corrected chi connectivity index (χ4v) is 1.38. The van der Waals surface area contributed by atoms with Gasteiger partial charge < -0.3 is 16.0 Å². The van der Waals surface area contributed by atoms with Crippen LogP contribution in [0.25, 0.3) is 0 Å². The number of nitrogens with two attached hydrogens (primary N) is 1. The zero-order valence-corrected chi connectivity index (χ0v) is 8.67. The first-order chi connectivity index (χ1) is 6.41. The lowest BCUT2D eigenvalue weighted by Crippen LogP contribution is -2.51. The number of hydrogen-bond donors (Lipinski definition) is 2. The summed E-state index contributed by atoms with van der Waals surface area (Å²) in [5, 5.41) is 2.71. The van der Waals surface area contributed by atoms with Crippen LogP contribution in [0.2, 0.25) is 0 Å². The molecule has 0 spiro atoms. The van der Waals surface area contributed by atoms with E-state index in [0.29, 0.717) is 26.1 Å². The Hall–Kier alpha value is -1.10. The number of rotatable bonds is 1. The minimum absolute atomic E-state index is 0.00451. The highest BCUT2D eigenvalue weighted by molar-refractivity contribution is 5.86. The predicted octanol–water partition coefficient (Wildman–Crippen LogP) is -0.928. The molecule has 0 unspecified atom stereocenters. The lowest BCUT2D eigenvalue weighted by Gasteiger charge is -2.27. The van der Waals surface area contributed by atoms with E-state index in [0.717, 1.165) is 0 Å². The Labute approximate surface area is 83.6 Å². The van der Waals surface area contributed by atoms with Crippen LogP contribution in [0.3, 0.4) is 0 Å². The Morgan fingerprint density at radius 2 is 2.14 bits per heavy atom. The van der Waals surface area contributed by atoms with Gasteiger partial charge in [-0.15, -0.1) is 0 Å². The van der Waals surface area contributed by atoms with Gasteiger partial charge in [-0.3, -0.25) is 9.59 Å². The lowest BCUT2D eigenvalue weighted by atomic mass is 10.1. The maximum absolute atomic E-state index is 11.7. The van der Waals surface area contributed by atoms with E-state index in [2.05, 4.69) is 5.32 Å². The van der Waals surface area contributed by atoms with Crippen molar-refractivity contribution in [2.45, 2.75) is 25.8 Å². The Kier molecular flexibility index (Phi) is 3.10. The second kappa shape index (κ2) is 3.96. The molecule has 14 heavy (non-hydrogen) atoms. The van der Waals surface area contributed by atoms with Crippen molar-refractivity contribution in [3.05, 3.63) is 0 Å². The molecule has 3 N–H and O–H groups in total. The van der Waals surface area contributed by atoms with E-state index in [1.807, 2.05) is 0 Å². The summed E-state index contributed by atoms with van der Waals surface area (Å²) in [6.45, 7) is 4.88. The van der Waals surface area contributed by atoms with Gasteiger partial charge in [0.25, 0.3) is 0 Å². The van der Waals surface area contributed by atoms with Crippen molar-refractivity contribution in [2.75, 3.05) is 19.6 Å². The van der Waals surface area contributed by atoms with Crippen LogP contribution in [0.15, 0.2) is 0 Å². The summed E-state index contributed by atoms with van der Waals surface area (Å²) in [4.78, 5) is 24.4. The third-order valence-corrected chi connectivity index (χ3v) is 2.15. The van der Waals surface area contributed by atoms with E-state index in [9.17, 15) is 9.59 Å². The standard InChI is InChI=1S/C9H17N3O2/c1-9(2,10)8(14)12-5-3-7(13)11-4-6-12/h3-6,10H2,1-2H3,(H,11,13). The van der Waals surface area contributed by atoms with E-state index < -0.39 is 5.54 Å². The quantitative estimate of drug-likeness (QED) is 0.573. The number of nitrogens with zero attached hydrogens (tertiary/aromatic N) is 1. The molecular formula is C9H17N3O2. The summed E-state index contributed by atoms with van der Waals surface area (Å²) in [5.41, 5.74) is 4.85. The number of hydrogen-bond acceptors (Lipinski definition) is 3. The van der Waals surface area contributed by atoms with Gasteiger partial charge in [-0.2, -0.15) is 0 Å². The van der Waals surface area contributed by atoms with Gasteiger partial charge in [0.15, 0.2) is 0 Å². The molecule has 1 rings (SSSR count). The van der Waals surface area contributed by atoms with E-state index in [1.165, 1.54) is 0 Å². The van der Waals surface area contributed by atoms with Crippen LogP contribution < -0.4 is 11.1 Å². The first-order valence-electron chi connectivity index (χ1n) is 4.76. The van der Waals surface area contributed by atoms with E-state index in [1.54, 1.807) is 18.7 Å². The molecule has 1 saturated heterocycles. The molecule has 1 aliphatic heterocycles. The van der Waals surface area contributed by atoms with Gasteiger partial charge in [-0.25, -0.2) is 0 Å². The minimum atomic E-state index is -0.854. The van der Waals surface area contributed by atoms with Crippen LogP contribution in [-0.2, 0) is 9.59 Å². The third-order valence-electron chi connectivity index (χ3n) is 2.15. The second-order valence-corrected chi connectivity index (χ2v) is 4.11. The fourth-order valence-electron chi connectivity index (χ4n) is 1.38. The van der Waals surface area contributed by atoms with Crippen LogP contribution in [0.1, 0.15) is 20.3 Å². The topological polar surface area (TPSA) is 75.4 Å². The summed E-state index contributed by atoms with van der Waals surface area (Å²) in [7, 11) is 0. The fraction of sp³-hybridized carbons (Fsp3) is 0.778.